The van der Waals surface area contributed by atoms with Crippen LogP contribution in [-0.4, -0.2) is 17.7 Å². The number of imide groups is 1. The second-order valence-electron chi connectivity index (χ2n) is 6.51. The van der Waals surface area contributed by atoms with E-state index < -0.39 is 5.91 Å². The first kappa shape index (κ1) is 18.1. The van der Waals surface area contributed by atoms with Crippen molar-refractivity contribution in [3.05, 3.63) is 93.5 Å². The van der Waals surface area contributed by atoms with E-state index in [1.807, 2.05) is 25.1 Å². The number of halogens is 1. The van der Waals surface area contributed by atoms with Crippen LogP contribution in [0.25, 0.3) is 0 Å². The van der Waals surface area contributed by atoms with Crippen molar-refractivity contribution in [2.24, 2.45) is 0 Å². The Hall–Kier alpha value is -3.25. The summed E-state index contributed by atoms with van der Waals surface area (Å²) in [6, 6.07) is 18.9. The van der Waals surface area contributed by atoms with Crippen LogP contribution in [0.4, 0.5) is 11.4 Å². The van der Waals surface area contributed by atoms with Gasteiger partial charge in [0.25, 0.3) is 17.7 Å². The van der Waals surface area contributed by atoms with Gasteiger partial charge in [-0.05, 0) is 67.1 Å². The number of hydrogen-bond donors (Lipinski definition) is 1. The molecule has 1 aliphatic heterocycles. The van der Waals surface area contributed by atoms with Crippen molar-refractivity contribution < 1.29 is 14.4 Å². The van der Waals surface area contributed by atoms with Crippen molar-refractivity contribution >= 4 is 45.0 Å². The number of hydrogen-bond acceptors (Lipinski definition) is 3. The third-order valence-corrected chi connectivity index (χ3v) is 5.04. The fourth-order valence-corrected chi connectivity index (χ4v) is 3.38. The summed E-state index contributed by atoms with van der Waals surface area (Å²) in [5.74, 6) is -1.16. The molecule has 0 atom stereocenters. The number of anilines is 2. The summed E-state index contributed by atoms with van der Waals surface area (Å²) in [6.07, 6.45) is 0. The Balaban J connectivity index is 1.63. The van der Waals surface area contributed by atoms with Crippen LogP contribution in [0.1, 0.15) is 36.6 Å². The van der Waals surface area contributed by atoms with Gasteiger partial charge in [-0.15, -0.1) is 0 Å². The first-order valence-corrected chi connectivity index (χ1v) is 9.40. The summed E-state index contributed by atoms with van der Waals surface area (Å²) in [6.45, 7) is 1.90. The van der Waals surface area contributed by atoms with Gasteiger partial charge in [0.1, 0.15) is 0 Å². The topological polar surface area (TPSA) is 66.5 Å². The second kappa shape index (κ2) is 7.05. The largest absolute Gasteiger partial charge is 0.322 e. The van der Waals surface area contributed by atoms with E-state index in [0.717, 1.165) is 14.9 Å². The highest BCUT2D eigenvalue weighted by Gasteiger charge is 2.37. The molecule has 138 valence electrons. The van der Waals surface area contributed by atoms with E-state index in [0.29, 0.717) is 22.5 Å². The molecule has 0 saturated carbocycles. The van der Waals surface area contributed by atoms with Crippen LogP contribution >= 0.6 is 15.9 Å². The van der Waals surface area contributed by atoms with Gasteiger partial charge >= 0.3 is 0 Å². The lowest BCUT2D eigenvalue weighted by atomic mass is 10.1. The average molecular weight is 435 g/mol. The molecule has 0 aromatic heterocycles. The monoisotopic (exact) mass is 434 g/mol. The van der Waals surface area contributed by atoms with Gasteiger partial charge in [-0.25, -0.2) is 4.90 Å². The maximum absolute atomic E-state index is 12.9. The van der Waals surface area contributed by atoms with Crippen molar-refractivity contribution in [3.63, 3.8) is 0 Å². The van der Waals surface area contributed by atoms with E-state index in [2.05, 4.69) is 21.2 Å². The summed E-state index contributed by atoms with van der Waals surface area (Å²) in [7, 11) is 0. The van der Waals surface area contributed by atoms with E-state index in [-0.39, 0.29) is 17.4 Å². The Morgan fingerprint density at radius 3 is 2.32 bits per heavy atom. The fourth-order valence-electron chi connectivity index (χ4n) is 3.12. The molecule has 5 nitrogen and oxygen atoms in total. The molecule has 3 amide bonds. The zero-order chi connectivity index (χ0) is 19.8. The molecule has 6 heteroatoms. The predicted molar refractivity (Wildman–Crippen MR) is 111 cm³/mol. The van der Waals surface area contributed by atoms with E-state index in [1.165, 1.54) is 12.1 Å². The maximum atomic E-state index is 12.9. The number of amides is 3. The van der Waals surface area contributed by atoms with Crippen LogP contribution in [-0.2, 0) is 0 Å². The molecule has 0 spiro atoms. The van der Waals surface area contributed by atoms with Gasteiger partial charge < -0.3 is 5.32 Å². The Morgan fingerprint density at radius 1 is 0.893 bits per heavy atom. The number of benzene rings is 3. The van der Waals surface area contributed by atoms with E-state index in [1.54, 1.807) is 36.4 Å². The minimum Gasteiger partial charge on any atom is -0.322 e. The van der Waals surface area contributed by atoms with Crippen LogP contribution in [0, 0.1) is 6.92 Å². The van der Waals surface area contributed by atoms with Crippen molar-refractivity contribution in [2.75, 3.05) is 10.2 Å². The molecule has 0 radical (unpaired) electrons. The average Bonchev–Trinajstić information content (AvgIpc) is 2.93. The number of aryl methyl sites for hydroxylation is 1. The zero-order valence-electron chi connectivity index (χ0n) is 14.9. The molecule has 1 heterocycles. The van der Waals surface area contributed by atoms with Gasteiger partial charge in [0.15, 0.2) is 0 Å². The summed E-state index contributed by atoms with van der Waals surface area (Å²) in [4.78, 5) is 39.3. The number of nitrogens with one attached hydrogen (secondary N) is 1. The van der Waals surface area contributed by atoms with E-state index >= 15 is 0 Å². The molecule has 0 bridgehead atoms. The quantitative estimate of drug-likeness (QED) is 0.601. The first-order valence-electron chi connectivity index (χ1n) is 8.60. The number of nitrogens with zero attached hydrogens (tertiary/aromatic N) is 1. The Labute approximate surface area is 170 Å². The number of fused-ring (bicyclic) bond motifs is 1. The van der Waals surface area contributed by atoms with Gasteiger partial charge in [0.05, 0.1) is 16.8 Å². The summed E-state index contributed by atoms with van der Waals surface area (Å²) >= 11 is 3.35. The minimum atomic E-state index is -0.427. The lowest BCUT2D eigenvalue weighted by Crippen LogP contribution is -2.29. The second-order valence-corrected chi connectivity index (χ2v) is 7.42. The zero-order valence-corrected chi connectivity index (χ0v) is 16.5. The molecule has 3 aromatic rings. The van der Waals surface area contributed by atoms with Gasteiger partial charge in [-0.2, -0.15) is 0 Å². The third-order valence-electron chi connectivity index (χ3n) is 4.51. The van der Waals surface area contributed by atoms with Crippen molar-refractivity contribution in [1.82, 2.24) is 0 Å². The summed E-state index contributed by atoms with van der Waals surface area (Å²) in [5, 5.41) is 2.78. The van der Waals surface area contributed by atoms with Crippen LogP contribution in [0.3, 0.4) is 0 Å². The lowest BCUT2D eigenvalue weighted by molar-refractivity contribution is 0.0925. The molecule has 0 fully saturated rings. The maximum Gasteiger partial charge on any atom is 0.266 e. The molecule has 0 saturated heterocycles. The number of carbonyl (C=O) groups excluding carboxylic acids is 3. The first-order chi connectivity index (χ1) is 13.4. The normalized spacial score (nSPS) is 12.9. The molecular weight excluding hydrogens is 420 g/mol. The van der Waals surface area contributed by atoms with Crippen LogP contribution in [0.2, 0.25) is 0 Å². The van der Waals surface area contributed by atoms with Crippen molar-refractivity contribution in [3.8, 4) is 0 Å². The molecule has 1 N–H and O–H groups in total. The Morgan fingerprint density at radius 2 is 1.61 bits per heavy atom. The third kappa shape index (κ3) is 3.23. The molecular formula is C22H15BrN2O3. The van der Waals surface area contributed by atoms with Crippen LogP contribution < -0.4 is 10.2 Å². The highest BCUT2D eigenvalue weighted by Crippen LogP contribution is 2.29. The van der Waals surface area contributed by atoms with Gasteiger partial charge in [0, 0.05) is 15.7 Å². The lowest BCUT2D eigenvalue weighted by Gasteiger charge is -2.14. The highest BCUT2D eigenvalue weighted by atomic mass is 79.9. The summed E-state index contributed by atoms with van der Waals surface area (Å²) in [5.41, 5.74) is 2.95. The molecule has 4 rings (SSSR count). The highest BCUT2D eigenvalue weighted by molar-refractivity contribution is 9.10. The Bertz CT molecular complexity index is 1120. The van der Waals surface area contributed by atoms with Crippen LogP contribution in [0.5, 0.6) is 0 Å². The number of carbonyl (C=O) groups is 3. The van der Waals surface area contributed by atoms with Crippen molar-refractivity contribution in [2.45, 2.75) is 6.92 Å². The fraction of sp³-hybridized carbons (Fsp3) is 0.0455. The molecule has 0 aliphatic carbocycles. The standard InChI is InChI=1S/C22H15BrN2O3/c1-13-3-2-4-17(11-13)25-21(27)18-10-5-14(12-19(18)22(25)28)20(26)24-16-8-6-15(23)7-9-16/h2-12H,1H3,(H,24,26). The molecule has 1 aliphatic rings. The van der Waals surface area contributed by atoms with Gasteiger partial charge in [-0.3, -0.25) is 14.4 Å². The molecule has 28 heavy (non-hydrogen) atoms. The smallest absolute Gasteiger partial charge is 0.266 e. The van der Waals surface area contributed by atoms with Crippen molar-refractivity contribution in [1.29, 1.82) is 0 Å². The Kier molecular flexibility index (Phi) is 4.57. The van der Waals surface area contributed by atoms with E-state index in [4.69, 9.17) is 0 Å². The summed E-state index contributed by atoms with van der Waals surface area (Å²) < 4.78 is 0.906. The molecule has 3 aromatic carbocycles. The minimum absolute atomic E-state index is 0.231. The van der Waals surface area contributed by atoms with E-state index in [9.17, 15) is 14.4 Å². The molecule has 0 unspecified atom stereocenters. The predicted octanol–water partition coefficient (Wildman–Crippen LogP) is 4.81. The number of rotatable bonds is 3. The SMILES string of the molecule is Cc1cccc(N2C(=O)c3ccc(C(=O)Nc4ccc(Br)cc4)cc3C2=O)c1. The van der Waals surface area contributed by atoms with Gasteiger partial charge in [0.2, 0.25) is 0 Å². The van der Waals surface area contributed by atoms with Gasteiger partial charge in [-0.1, -0.05) is 28.1 Å². The van der Waals surface area contributed by atoms with Crippen LogP contribution in [0.15, 0.2) is 71.2 Å².